The van der Waals surface area contributed by atoms with Crippen LogP contribution in [-0.2, 0) is 11.2 Å². The van der Waals surface area contributed by atoms with Gasteiger partial charge in [-0.3, -0.25) is 4.57 Å². The molecule has 4 rings (SSSR count). The fraction of sp³-hybridized carbons (Fsp3) is 0.421. The zero-order chi connectivity index (χ0) is 19.0. The van der Waals surface area contributed by atoms with Crippen LogP contribution in [0.5, 0.6) is 0 Å². The molecule has 3 aromatic rings. The Labute approximate surface area is 156 Å². The highest BCUT2D eigenvalue weighted by Crippen LogP contribution is 2.32. The number of fused-ring (bicyclic) bond motifs is 1. The lowest BCUT2D eigenvalue weighted by atomic mass is 10.1. The number of benzene rings is 1. The van der Waals surface area contributed by atoms with Gasteiger partial charge in [0.05, 0.1) is 12.4 Å². The molecule has 2 aromatic heterocycles. The normalized spacial score (nSPS) is 26.4. The Hall–Kier alpha value is -2.55. The molecule has 0 amide bonds. The van der Waals surface area contributed by atoms with E-state index in [4.69, 9.17) is 4.74 Å². The molecule has 0 spiro atoms. The Morgan fingerprint density at radius 2 is 1.93 bits per heavy atom. The van der Waals surface area contributed by atoms with E-state index in [9.17, 15) is 10.2 Å². The second-order valence-corrected chi connectivity index (χ2v) is 6.99. The molecule has 8 heteroatoms. The van der Waals surface area contributed by atoms with Gasteiger partial charge in [0.25, 0.3) is 0 Å². The molecule has 1 aliphatic heterocycles. The summed E-state index contributed by atoms with van der Waals surface area (Å²) in [5.41, 5.74) is 2.38. The van der Waals surface area contributed by atoms with Gasteiger partial charge in [-0.1, -0.05) is 30.3 Å². The third-order valence-corrected chi connectivity index (χ3v) is 4.88. The number of aromatic nitrogens is 4. The third-order valence-electron chi connectivity index (χ3n) is 4.88. The quantitative estimate of drug-likeness (QED) is 0.626. The maximum absolute atomic E-state index is 10.3. The van der Waals surface area contributed by atoms with Crippen LogP contribution in [0.3, 0.4) is 0 Å². The minimum Gasteiger partial charge on any atom is -0.388 e. The van der Waals surface area contributed by atoms with Gasteiger partial charge in [-0.05, 0) is 25.8 Å². The van der Waals surface area contributed by atoms with Crippen LogP contribution in [-0.4, -0.2) is 54.1 Å². The standard InChI is InChI=1S/C19H23N5O3/c1-11(8-13-6-4-3-5-7-13)23-17-14-18(21-9-20-17)24(10-22-14)19-16(26)15(25)12(2)27-19/h3-7,9-12,15-16,19,25-26H,8H2,1-2H3,(H,20,21,23)/t11?,12-,15-,16-,19-/m1/s1. The average Bonchev–Trinajstić information content (AvgIpc) is 3.20. The molecule has 0 aliphatic carbocycles. The van der Waals surface area contributed by atoms with Crippen molar-refractivity contribution in [3.05, 3.63) is 48.5 Å². The van der Waals surface area contributed by atoms with E-state index >= 15 is 0 Å². The van der Waals surface area contributed by atoms with Gasteiger partial charge in [0.15, 0.2) is 23.2 Å². The van der Waals surface area contributed by atoms with E-state index in [1.165, 1.54) is 11.9 Å². The number of imidazole rings is 1. The molecule has 1 fully saturated rings. The zero-order valence-corrected chi connectivity index (χ0v) is 15.2. The maximum Gasteiger partial charge on any atom is 0.167 e. The first-order valence-corrected chi connectivity index (χ1v) is 9.04. The van der Waals surface area contributed by atoms with Crippen LogP contribution in [0.4, 0.5) is 5.82 Å². The van der Waals surface area contributed by atoms with E-state index in [0.29, 0.717) is 17.0 Å². The molecule has 1 aliphatic rings. The molecule has 8 nitrogen and oxygen atoms in total. The Balaban J connectivity index is 1.58. The van der Waals surface area contributed by atoms with Gasteiger partial charge in [0.2, 0.25) is 0 Å². The van der Waals surface area contributed by atoms with Crippen LogP contribution in [0.1, 0.15) is 25.6 Å². The number of aliphatic hydroxyl groups is 2. The van der Waals surface area contributed by atoms with E-state index in [0.717, 1.165) is 6.42 Å². The summed E-state index contributed by atoms with van der Waals surface area (Å²) in [6.07, 6.45) is 0.682. The predicted molar refractivity (Wildman–Crippen MR) is 100 cm³/mol. The van der Waals surface area contributed by atoms with Gasteiger partial charge in [-0.25, -0.2) is 15.0 Å². The first-order valence-electron chi connectivity index (χ1n) is 9.04. The van der Waals surface area contributed by atoms with Crippen LogP contribution in [0.15, 0.2) is 43.0 Å². The molecular weight excluding hydrogens is 346 g/mol. The third kappa shape index (κ3) is 3.39. The van der Waals surface area contributed by atoms with E-state index < -0.39 is 24.5 Å². The predicted octanol–water partition coefficient (Wildman–Crippen LogP) is 1.51. The van der Waals surface area contributed by atoms with Gasteiger partial charge in [0.1, 0.15) is 18.5 Å². The van der Waals surface area contributed by atoms with E-state index in [1.54, 1.807) is 17.8 Å². The van der Waals surface area contributed by atoms with Gasteiger partial charge in [-0.2, -0.15) is 0 Å². The van der Waals surface area contributed by atoms with Crippen molar-refractivity contribution in [2.75, 3.05) is 5.32 Å². The first-order chi connectivity index (χ1) is 13.0. The highest BCUT2D eigenvalue weighted by molar-refractivity contribution is 5.82. The van der Waals surface area contributed by atoms with Gasteiger partial charge >= 0.3 is 0 Å². The van der Waals surface area contributed by atoms with Crippen LogP contribution in [0.25, 0.3) is 11.2 Å². The molecule has 1 saturated heterocycles. The number of rotatable bonds is 5. The van der Waals surface area contributed by atoms with Crippen LogP contribution in [0, 0.1) is 0 Å². The number of hydrogen-bond donors (Lipinski definition) is 3. The van der Waals surface area contributed by atoms with Crippen molar-refractivity contribution >= 4 is 17.0 Å². The molecule has 1 aromatic carbocycles. The largest absolute Gasteiger partial charge is 0.388 e. The van der Waals surface area contributed by atoms with Crippen molar-refractivity contribution in [2.45, 2.75) is 50.8 Å². The van der Waals surface area contributed by atoms with Crippen molar-refractivity contribution in [3.8, 4) is 0 Å². The number of anilines is 1. The number of hydrogen-bond acceptors (Lipinski definition) is 7. The lowest BCUT2D eigenvalue weighted by Gasteiger charge is -2.17. The molecule has 1 unspecified atom stereocenters. The summed E-state index contributed by atoms with van der Waals surface area (Å²) < 4.78 is 7.32. The summed E-state index contributed by atoms with van der Waals surface area (Å²) in [4.78, 5) is 13.0. The van der Waals surface area contributed by atoms with Crippen LogP contribution >= 0.6 is 0 Å². The van der Waals surface area contributed by atoms with E-state index in [-0.39, 0.29) is 6.04 Å². The minimum atomic E-state index is -1.04. The lowest BCUT2D eigenvalue weighted by Crippen LogP contribution is -2.30. The van der Waals surface area contributed by atoms with Crippen LogP contribution < -0.4 is 5.32 Å². The molecule has 3 heterocycles. The highest BCUT2D eigenvalue weighted by Gasteiger charge is 2.42. The van der Waals surface area contributed by atoms with Crippen molar-refractivity contribution in [1.82, 2.24) is 19.5 Å². The number of nitrogens with zero attached hydrogens (tertiary/aromatic N) is 4. The molecule has 3 N–H and O–H groups in total. The zero-order valence-electron chi connectivity index (χ0n) is 15.2. The second kappa shape index (κ2) is 7.22. The van der Waals surface area contributed by atoms with Crippen molar-refractivity contribution in [3.63, 3.8) is 0 Å². The Morgan fingerprint density at radius 1 is 1.15 bits per heavy atom. The fourth-order valence-electron chi connectivity index (χ4n) is 3.45. The maximum atomic E-state index is 10.3. The summed E-state index contributed by atoms with van der Waals surface area (Å²) >= 11 is 0. The molecule has 0 bridgehead atoms. The Morgan fingerprint density at radius 3 is 2.63 bits per heavy atom. The van der Waals surface area contributed by atoms with Gasteiger partial charge in [0, 0.05) is 6.04 Å². The Kier molecular flexibility index (Phi) is 4.77. The molecule has 142 valence electrons. The second-order valence-electron chi connectivity index (χ2n) is 6.99. The average molecular weight is 369 g/mol. The van der Waals surface area contributed by atoms with E-state index in [1.807, 2.05) is 18.2 Å². The summed E-state index contributed by atoms with van der Waals surface area (Å²) in [5.74, 6) is 0.628. The smallest absolute Gasteiger partial charge is 0.167 e. The monoisotopic (exact) mass is 369 g/mol. The van der Waals surface area contributed by atoms with Crippen molar-refractivity contribution in [2.24, 2.45) is 0 Å². The fourth-order valence-corrected chi connectivity index (χ4v) is 3.45. The number of aliphatic hydroxyl groups excluding tert-OH is 2. The van der Waals surface area contributed by atoms with E-state index in [2.05, 4.69) is 39.3 Å². The van der Waals surface area contributed by atoms with Crippen molar-refractivity contribution in [1.29, 1.82) is 0 Å². The molecular formula is C19H23N5O3. The lowest BCUT2D eigenvalue weighted by molar-refractivity contribution is -0.0299. The van der Waals surface area contributed by atoms with Gasteiger partial charge in [-0.15, -0.1) is 0 Å². The molecule has 0 saturated carbocycles. The topological polar surface area (TPSA) is 105 Å². The highest BCUT2D eigenvalue weighted by atomic mass is 16.6. The summed E-state index contributed by atoms with van der Waals surface area (Å²) in [5, 5.41) is 23.6. The minimum absolute atomic E-state index is 0.144. The molecule has 0 radical (unpaired) electrons. The summed E-state index contributed by atoms with van der Waals surface area (Å²) in [7, 11) is 0. The molecule has 27 heavy (non-hydrogen) atoms. The van der Waals surface area contributed by atoms with Crippen LogP contribution in [0.2, 0.25) is 0 Å². The number of nitrogens with one attached hydrogen (secondary N) is 1. The number of ether oxygens (including phenoxy) is 1. The van der Waals surface area contributed by atoms with Gasteiger partial charge < -0.3 is 20.3 Å². The first kappa shape index (κ1) is 17.8. The SMILES string of the molecule is CC(Cc1ccccc1)Nc1ncnc2c1ncn2[C@@H]1O[C@H](C)[C@@H](O)[C@H]1O. The summed E-state index contributed by atoms with van der Waals surface area (Å²) in [6.45, 7) is 3.81. The molecule has 5 atom stereocenters. The Bertz CT molecular complexity index is 916. The van der Waals surface area contributed by atoms with Crippen molar-refractivity contribution < 1.29 is 14.9 Å². The summed E-state index contributed by atoms with van der Waals surface area (Å²) in [6, 6.07) is 10.4.